The lowest BCUT2D eigenvalue weighted by atomic mass is 10.0. The Hall–Kier alpha value is -4.67. The number of nitro groups is 1. The molecule has 2 aromatic heterocycles. The van der Waals surface area contributed by atoms with E-state index < -0.39 is 10.8 Å². The number of hydrogen-bond acceptors (Lipinski definition) is 8. The molecule has 0 bridgehead atoms. The topological polar surface area (TPSA) is 147 Å². The number of nitrogens with two attached hydrogens (primary N) is 1. The Labute approximate surface area is 200 Å². The van der Waals surface area contributed by atoms with E-state index >= 15 is 0 Å². The van der Waals surface area contributed by atoms with Crippen LogP contribution in [0.3, 0.4) is 0 Å². The lowest BCUT2D eigenvalue weighted by Gasteiger charge is -2.19. The van der Waals surface area contributed by atoms with Gasteiger partial charge < -0.3 is 35.2 Å². The molecular weight excluding hydrogens is 452 g/mol. The van der Waals surface area contributed by atoms with E-state index in [2.05, 4.69) is 15.3 Å². The van der Waals surface area contributed by atoms with Gasteiger partial charge in [-0.1, -0.05) is 19.1 Å². The van der Waals surface area contributed by atoms with Crippen molar-refractivity contribution in [3.63, 3.8) is 0 Å². The molecule has 2 heterocycles. The predicted molar refractivity (Wildman–Crippen MR) is 130 cm³/mol. The molecule has 0 aliphatic rings. The van der Waals surface area contributed by atoms with Crippen LogP contribution in [0.5, 0.6) is 11.5 Å². The normalized spacial score (nSPS) is 10.8. The molecule has 0 spiro atoms. The third-order valence-corrected chi connectivity index (χ3v) is 5.68. The summed E-state index contributed by atoms with van der Waals surface area (Å²) in [5, 5.41) is 15.0. The fraction of sp³-hybridized carbons (Fsp3) is 0.208. The van der Waals surface area contributed by atoms with Gasteiger partial charge in [0.25, 0.3) is 5.91 Å². The van der Waals surface area contributed by atoms with Crippen LogP contribution in [0.1, 0.15) is 28.4 Å². The van der Waals surface area contributed by atoms with Gasteiger partial charge in [0.2, 0.25) is 6.33 Å². The first-order valence-corrected chi connectivity index (χ1v) is 10.7. The van der Waals surface area contributed by atoms with Crippen LogP contribution in [0.2, 0.25) is 0 Å². The number of carbonyl (C=O) groups excluding carboxylic acids is 1. The Morgan fingerprint density at radius 1 is 1.20 bits per heavy atom. The van der Waals surface area contributed by atoms with Gasteiger partial charge in [-0.25, -0.2) is 0 Å². The number of rotatable bonds is 9. The minimum atomic E-state index is -0.628. The lowest BCUT2D eigenvalue weighted by molar-refractivity contribution is -0.389. The van der Waals surface area contributed by atoms with Crippen molar-refractivity contribution in [2.24, 2.45) is 5.73 Å². The second-order valence-electron chi connectivity index (χ2n) is 7.72. The summed E-state index contributed by atoms with van der Waals surface area (Å²) in [6, 6.07) is 9.20. The van der Waals surface area contributed by atoms with Crippen LogP contribution >= 0.6 is 0 Å². The van der Waals surface area contributed by atoms with Crippen LogP contribution in [0, 0.1) is 10.1 Å². The van der Waals surface area contributed by atoms with Crippen molar-refractivity contribution in [2.45, 2.75) is 19.9 Å². The number of anilines is 2. The molecule has 4 rings (SSSR count). The van der Waals surface area contributed by atoms with Crippen LogP contribution in [0.15, 0.2) is 49.1 Å². The van der Waals surface area contributed by atoms with E-state index in [1.165, 1.54) is 32.9 Å². The van der Waals surface area contributed by atoms with Crippen molar-refractivity contribution in [1.29, 1.82) is 0 Å². The smallest absolute Gasteiger partial charge is 0.381 e. The maximum Gasteiger partial charge on any atom is 0.381 e. The predicted octanol–water partition coefficient (Wildman–Crippen LogP) is 3.81. The highest BCUT2D eigenvalue weighted by Gasteiger charge is 2.19. The largest absolute Gasteiger partial charge is 0.493 e. The number of fused-ring (bicyclic) bond motifs is 1. The van der Waals surface area contributed by atoms with Crippen molar-refractivity contribution < 1.29 is 19.2 Å². The standard InChI is InChI=1S/C24H24N6O5/c1-4-15-14(11-29-12-22(27-13-29)30(32)33)6-5-7-18(15)28-23-16-8-20(34-2)21(35-3)9-19(16)26-10-17(23)24(25)31/h5-10,12-13H,4,11H2,1-3H3,(H2,25,31)(H,26,28). The Morgan fingerprint density at radius 2 is 1.94 bits per heavy atom. The number of primary amides is 1. The molecule has 0 fully saturated rings. The maximum absolute atomic E-state index is 12.3. The number of imidazole rings is 1. The number of carbonyl (C=O) groups is 1. The minimum Gasteiger partial charge on any atom is -0.493 e. The molecule has 1 amide bonds. The van der Waals surface area contributed by atoms with Gasteiger partial charge in [-0.3, -0.25) is 9.78 Å². The Balaban J connectivity index is 1.81. The van der Waals surface area contributed by atoms with Gasteiger partial charge in [-0.2, -0.15) is 0 Å². The number of nitrogens with zero attached hydrogens (tertiary/aromatic N) is 4. The van der Waals surface area contributed by atoms with Crippen molar-refractivity contribution in [3.05, 3.63) is 75.9 Å². The summed E-state index contributed by atoms with van der Waals surface area (Å²) >= 11 is 0. The molecule has 3 N–H and O–H groups in total. The molecule has 11 nitrogen and oxygen atoms in total. The summed E-state index contributed by atoms with van der Waals surface area (Å²) < 4.78 is 12.5. The lowest BCUT2D eigenvalue weighted by Crippen LogP contribution is -2.15. The van der Waals surface area contributed by atoms with E-state index in [9.17, 15) is 14.9 Å². The van der Waals surface area contributed by atoms with Gasteiger partial charge in [-0.05, 0) is 39.6 Å². The van der Waals surface area contributed by atoms with Gasteiger partial charge in [-0.15, -0.1) is 0 Å². The minimum absolute atomic E-state index is 0.212. The molecule has 180 valence electrons. The van der Waals surface area contributed by atoms with Crippen LogP contribution in [0.25, 0.3) is 10.9 Å². The zero-order valence-electron chi connectivity index (χ0n) is 19.4. The molecule has 0 saturated heterocycles. The molecule has 0 aliphatic heterocycles. The van der Waals surface area contributed by atoms with Gasteiger partial charge in [0.1, 0.15) is 6.20 Å². The highest BCUT2D eigenvalue weighted by atomic mass is 16.6. The summed E-state index contributed by atoms with van der Waals surface area (Å²) in [4.78, 5) is 30.9. The number of aromatic nitrogens is 3. The van der Waals surface area contributed by atoms with Gasteiger partial charge in [0.15, 0.2) is 11.5 Å². The fourth-order valence-electron chi connectivity index (χ4n) is 4.02. The molecule has 4 aromatic rings. The molecule has 2 aromatic carbocycles. The third-order valence-electron chi connectivity index (χ3n) is 5.68. The van der Waals surface area contributed by atoms with E-state index in [1.807, 2.05) is 25.1 Å². The number of amides is 1. The monoisotopic (exact) mass is 476 g/mol. The summed E-state index contributed by atoms with van der Waals surface area (Å²) in [5.41, 5.74) is 9.68. The van der Waals surface area contributed by atoms with Gasteiger partial charge in [0.05, 0.1) is 37.5 Å². The second kappa shape index (κ2) is 9.67. The highest BCUT2D eigenvalue weighted by Crippen LogP contribution is 2.38. The molecule has 11 heteroatoms. The number of ether oxygens (including phenoxy) is 2. The molecule has 0 saturated carbocycles. The van der Waals surface area contributed by atoms with Crippen LogP contribution in [0.4, 0.5) is 17.2 Å². The zero-order valence-corrected chi connectivity index (χ0v) is 19.4. The number of pyridine rings is 1. The average Bonchev–Trinajstić information content (AvgIpc) is 3.32. The Morgan fingerprint density at radius 3 is 2.57 bits per heavy atom. The first-order valence-electron chi connectivity index (χ1n) is 10.7. The summed E-state index contributed by atoms with van der Waals surface area (Å²) in [6.07, 6.45) is 4.92. The molecule has 0 radical (unpaired) electrons. The van der Waals surface area contributed by atoms with E-state index in [1.54, 1.807) is 16.7 Å². The molecular formula is C24H24N6O5. The van der Waals surface area contributed by atoms with E-state index in [4.69, 9.17) is 15.2 Å². The second-order valence-corrected chi connectivity index (χ2v) is 7.72. The van der Waals surface area contributed by atoms with Crippen molar-refractivity contribution in [3.8, 4) is 11.5 Å². The van der Waals surface area contributed by atoms with Crippen LogP contribution in [-0.4, -0.2) is 39.6 Å². The van der Waals surface area contributed by atoms with E-state index in [0.717, 1.165) is 16.8 Å². The van der Waals surface area contributed by atoms with Crippen molar-refractivity contribution >= 4 is 34.0 Å². The number of nitrogens with one attached hydrogen (secondary N) is 1. The average molecular weight is 476 g/mol. The number of hydrogen-bond donors (Lipinski definition) is 2. The quantitative estimate of drug-likeness (QED) is 0.274. The van der Waals surface area contributed by atoms with Gasteiger partial charge >= 0.3 is 5.82 Å². The number of methoxy groups -OCH3 is 2. The fourth-order valence-corrected chi connectivity index (χ4v) is 4.02. The van der Waals surface area contributed by atoms with Crippen LogP contribution < -0.4 is 20.5 Å². The van der Waals surface area contributed by atoms with Crippen molar-refractivity contribution in [2.75, 3.05) is 19.5 Å². The molecule has 0 aliphatic carbocycles. The van der Waals surface area contributed by atoms with Crippen LogP contribution in [-0.2, 0) is 13.0 Å². The highest BCUT2D eigenvalue weighted by molar-refractivity contribution is 6.08. The zero-order chi connectivity index (χ0) is 25.1. The Bertz CT molecular complexity index is 1430. The van der Waals surface area contributed by atoms with Crippen molar-refractivity contribution in [1.82, 2.24) is 14.5 Å². The first-order chi connectivity index (χ1) is 16.9. The number of benzene rings is 2. The first kappa shape index (κ1) is 23.5. The SMILES string of the molecule is CCc1c(Cn2cnc([N+](=O)[O-])c2)cccc1Nc1c(C(N)=O)cnc2cc(OC)c(OC)cc12. The van der Waals surface area contributed by atoms with Gasteiger partial charge in [0, 0.05) is 23.3 Å². The summed E-state index contributed by atoms with van der Waals surface area (Å²) in [5.74, 6) is 0.154. The molecule has 35 heavy (non-hydrogen) atoms. The summed E-state index contributed by atoms with van der Waals surface area (Å²) in [7, 11) is 3.07. The molecule has 0 atom stereocenters. The van der Waals surface area contributed by atoms with E-state index in [0.29, 0.717) is 41.1 Å². The third kappa shape index (κ3) is 4.56. The molecule has 0 unspecified atom stereocenters. The Kier molecular flexibility index (Phi) is 6.49. The van der Waals surface area contributed by atoms with E-state index in [-0.39, 0.29) is 11.4 Å². The maximum atomic E-state index is 12.3. The summed E-state index contributed by atoms with van der Waals surface area (Å²) in [6.45, 7) is 2.40.